The smallest absolute Gasteiger partial charge is 0.143 e. The summed E-state index contributed by atoms with van der Waals surface area (Å²) in [6.07, 6.45) is 0. The average Bonchev–Trinajstić information content (AvgIpc) is 2.95. The van der Waals surface area contributed by atoms with Crippen molar-refractivity contribution >= 4 is 33.1 Å². The predicted octanol–water partition coefficient (Wildman–Crippen LogP) is 6.47. The zero-order valence-corrected chi connectivity index (χ0v) is 16.5. The van der Waals surface area contributed by atoms with Gasteiger partial charge in [-0.05, 0) is 62.6 Å². The van der Waals surface area contributed by atoms with E-state index in [1.165, 1.54) is 23.3 Å². The van der Waals surface area contributed by atoms with E-state index in [9.17, 15) is 4.39 Å². The monoisotopic (exact) mass is 377 g/mol. The number of hydrogen-bond donors (Lipinski definition) is 1. The molecule has 0 bridgehead atoms. The fourth-order valence-electron chi connectivity index (χ4n) is 3.29. The zero-order chi connectivity index (χ0) is 19.1. The lowest BCUT2D eigenvalue weighted by molar-refractivity contribution is 0.628. The molecule has 0 unspecified atom stereocenters. The van der Waals surface area contributed by atoms with E-state index in [1.54, 1.807) is 11.3 Å². The first-order chi connectivity index (χ1) is 12.9. The molecule has 4 aromatic rings. The fourth-order valence-corrected chi connectivity index (χ4v) is 4.38. The van der Waals surface area contributed by atoms with Crippen molar-refractivity contribution in [3.63, 3.8) is 0 Å². The molecule has 2 aromatic carbocycles. The second-order valence-corrected chi connectivity index (χ2v) is 7.92. The minimum atomic E-state index is -0.239. The molecule has 0 amide bonds. The van der Waals surface area contributed by atoms with Gasteiger partial charge in [-0.3, -0.25) is 0 Å². The summed E-state index contributed by atoms with van der Waals surface area (Å²) in [6.45, 7) is 8.17. The average molecular weight is 377 g/mol. The number of hydrogen-bond acceptors (Lipinski definition) is 4. The van der Waals surface area contributed by atoms with Gasteiger partial charge in [0.05, 0.1) is 5.39 Å². The van der Waals surface area contributed by atoms with Crippen LogP contribution >= 0.6 is 11.3 Å². The maximum atomic E-state index is 13.4. The maximum Gasteiger partial charge on any atom is 0.143 e. The predicted molar refractivity (Wildman–Crippen MR) is 111 cm³/mol. The standard InChI is InChI=1S/C22H20FN3S/c1-12-6-5-7-18(13(12)2)26-21-20-19(16-8-10-17(23)11-9-16)14(3)27-22(20)25-15(4)24-21/h5-11H,1-4H3,(H,24,25,26). The van der Waals surface area contributed by atoms with Crippen molar-refractivity contribution in [3.05, 3.63) is 70.1 Å². The third-order valence-electron chi connectivity index (χ3n) is 4.83. The van der Waals surface area contributed by atoms with Crippen molar-refractivity contribution in [2.45, 2.75) is 27.7 Å². The molecule has 0 fully saturated rings. The maximum absolute atomic E-state index is 13.4. The number of rotatable bonds is 3. The molecule has 1 N–H and O–H groups in total. The molecule has 0 saturated heterocycles. The van der Waals surface area contributed by atoms with Crippen LogP contribution in [-0.4, -0.2) is 9.97 Å². The van der Waals surface area contributed by atoms with E-state index in [1.807, 2.05) is 25.1 Å². The molecule has 0 atom stereocenters. The van der Waals surface area contributed by atoms with Gasteiger partial charge in [0.1, 0.15) is 22.3 Å². The number of nitrogens with zero attached hydrogens (tertiary/aromatic N) is 2. The molecule has 0 aliphatic rings. The van der Waals surface area contributed by atoms with E-state index < -0.39 is 0 Å². The summed E-state index contributed by atoms with van der Waals surface area (Å²) in [4.78, 5) is 11.4. The first-order valence-corrected chi connectivity index (χ1v) is 9.62. The molecule has 2 heterocycles. The van der Waals surface area contributed by atoms with Crippen LogP contribution in [0.25, 0.3) is 21.3 Å². The van der Waals surface area contributed by atoms with Gasteiger partial charge >= 0.3 is 0 Å². The molecule has 0 radical (unpaired) electrons. The van der Waals surface area contributed by atoms with E-state index in [4.69, 9.17) is 4.98 Å². The van der Waals surface area contributed by atoms with E-state index >= 15 is 0 Å². The topological polar surface area (TPSA) is 37.8 Å². The molecule has 27 heavy (non-hydrogen) atoms. The lowest BCUT2D eigenvalue weighted by atomic mass is 10.0. The van der Waals surface area contributed by atoms with Crippen LogP contribution in [0.5, 0.6) is 0 Å². The van der Waals surface area contributed by atoms with Gasteiger partial charge in [-0.2, -0.15) is 0 Å². The van der Waals surface area contributed by atoms with Gasteiger partial charge in [-0.25, -0.2) is 14.4 Å². The van der Waals surface area contributed by atoms with Crippen molar-refractivity contribution < 1.29 is 4.39 Å². The molecular formula is C22H20FN3S. The Morgan fingerprint density at radius 3 is 2.41 bits per heavy atom. The first kappa shape index (κ1) is 17.6. The summed E-state index contributed by atoms with van der Waals surface area (Å²) in [5.41, 5.74) is 5.47. The molecule has 0 aliphatic heterocycles. The van der Waals surface area contributed by atoms with Crippen molar-refractivity contribution in [3.8, 4) is 11.1 Å². The van der Waals surface area contributed by atoms with Crippen molar-refractivity contribution in [1.82, 2.24) is 9.97 Å². The Kier molecular flexibility index (Phi) is 4.40. The number of nitrogens with one attached hydrogen (secondary N) is 1. The van der Waals surface area contributed by atoms with E-state index in [-0.39, 0.29) is 5.82 Å². The van der Waals surface area contributed by atoms with E-state index in [2.05, 4.69) is 43.2 Å². The number of aryl methyl sites for hydroxylation is 3. The molecule has 0 spiro atoms. The number of thiophene rings is 1. The Balaban J connectivity index is 1.94. The molecule has 136 valence electrons. The third kappa shape index (κ3) is 3.19. The first-order valence-electron chi connectivity index (χ1n) is 8.81. The fraction of sp³-hybridized carbons (Fsp3) is 0.182. The number of halogens is 1. The van der Waals surface area contributed by atoms with E-state index in [0.717, 1.165) is 43.6 Å². The van der Waals surface area contributed by atoms with E-state index in [0.29, 0.717) is 0 Å². The second kappa shape index (κ2) is 6.74. The van der Waals surface area contributed by atoms with Gasteiger partial charge < -0.3 is 5.32 Å². The van der Waals surface area contributed by atoms with Crippen molar-refractivity contribution in [1.29, 1.82) is 0 Å². The SMILES string of the molecule is Cc1nc(Nc2cccc(C)c2C)c2c(-c3ccc(F)cc3)c(C)sc2n1. The summed E-state index contributed by atoms with van der Waals surface area (Å²) in [7, 11) is 0. The van der Waals surface area contributed by atoms with Crippen LogP contribution in [-0.2, 0) is 0 Å². The molecule has 4 rings (SSSR count). The molecule has 5 heteroatoms. The quantitative estimate of drug-likeness (QED) is 0.444. The van der Waals surface area contributed by atoms with Gasteiger partial charge in [-0.1, -0.05) is 24.3 Å². The Labute approximate surface area is 161 Å². The van der Waals surface area contributed by atoms with Gasteiger partial charge in [-0.15, -0.1) is 11.3 Å². The summed E-state index contributed by atoms with van der Waals surface area (Å²) < 4.78 is 13.4. The summed E-state index contributed by atoms with van der Waals surface area (Å²) in [5.74, 6) is 1.27. The highest BCUT2D eigenvalue weighted by molar-refractivity contribution is 7.19. The minimum absolute atomic E-state index is 0.239. The van der Waals surface area contributed by atoms with Crippen LogP contribution in [0.3, 0.4) is 0 Å². The van der Waals surface area contributed by atoms with Crippen LogP contribution in [0.4, 0.5) is 15.9 Å². The highest BCUT2D eigenvalue weighted by atomic mass is 32.1. The van der Waals surface area contributed by atoms with Crippen LogP contribution < -0.4 is 5.32 Å². The number of fused-ring (bicyclic) bond motifs is 1. The summed E-state index contributed by atoms with van der Waals surface area (Å²) in [5, 5.41) is 4.50. The largest absolute Gasteiger partial charge is 0.339 e. The Morgan fingerprint density at radius 2 is 1.67 bits per heavy atom. The van der Waals surface area contributed by atoms with Gasteiger partial charge in [0.2, 0.25) is 0 Å². The Hall–Kier alpha value is -2.79. The normalized spacial score (nSPS) is 11.1. The van der Waals surface area contributed by atoms with Crippen molar-refractivity contribution in [2.24, 2.45) is 0 Å². The summed E-state index contributed by atoms with van der Waals surface area (Å²) in [6, 6.07) is 12.8. The van der Waals surface area contributed by atoms with Gasteiger partial charge in [0, 0.05) is 16.1 Å². The van der Waals surface area contributed by atoms with Crippen LogP contribution in [0.1, 0.15) is 21.8 Å². The van der Waals surface area contributed by atoms with Crippen LogP contribution in [0.2, 0.25) is 0 Å². The second-order valence-electron chi connectivity index (χ2n) is 6.71. The zero-order valence-electron chi connectivity index (χ0n) is 15.7. The molecule has 0 aliphatic carbocycles. The molecule has 3 nitrogen and oxygen atoms in total. The lowest BCUT2D eigenvalue weighted by Gasteiger charge is -2.13. The summed E-state index contributed by atoms with van der Waals surface area (Å²) >= 11 is 1.64. The Bertz CT molecular complexity index is 1150. The molecule has 2 aromatic heterocycles. The van der Waals surface area contributed by atoms with Crippen LogP contribution in [0.15, 0.2) is 42.5 Å². The van der Waals surface area contributed by atoms with Crippen LogP contribution in [0, 0.1) is 33.5 Å². The number of aromatic nitrogens is 2. The van der Waals surface area contributed by atoms with Crippen molar-refractivity contribution in [2.75, 3.05) is 5.32 Å². The lowest BCUT2D eigenvalue weighted by Crippen LogP contribution is -2.00. The number of anilines is 2. The number of benzene rings is 2. The highest BCUT2D eigenvalue weighted by Crippen LogP contribution is 2.41. The van der Waals surface area contributed by atoms with Gasteiger partial charge in [0.25, 0.3) is 0 Å². The highest BCUT2D eigenvalue weighted by Gasteiger charge is 2.18. The Morgan fingerprint density at radius 1 is 0.926 bits per heavy atom. The minimum Gasteiger partial charge on any atom is -0.339 e. The third-order valence-corrected chi connectivity index (χ3v) is 5.83. The molecular weight excluding hydrogens is 357 g/mol. The van der Waals surface area contributed by atoms with Gasteiger partial charge in [0.15, 0.2) is 0 Å². The molecule has 0 saturated carbocycles.